The lowest BCUT2D eigenvalue weighted by atomic mass is 10.2. The van der Waals surface area contributed by atoms with E-state index in [1.165, 1.54) is 24.7 Å². The first kappa shape index (κ1) is 26.0. The van der Waals surface area contributed by atoms with Crippen LogP contribution in [0.1, 0.15) is 29.4 Å². The number of carbonyl (C=O) groups excluding carboxylic acids is 1. The van der Waals surface area contributed by atoms with Gasteiger partial charge < -0.3 is 9.47 Å². The molecule has 0 aliphatic heterocycles. The third-order valence-corrected chi connectivity index (χ3v) is 5.47. The van der Waals surface area contributed by atoms with Crippen molar-refractivity contribution in [1.82, 2.24) is 15.2 Å². The van der Waals surface area contributed by atoms with E-state index in [2.05, 4.69) is 15.6 Å². The summed E-state index contributed by atoms with van der Waals surface area (Å²) in [5.74, 6) is 0.541. The largest absolute Gasteiger partial charge is 0.490 e. The number of rotatable bonds is 10. The molecule has 1 heterocycles. The van der Waals surface area contributed by atoms with Crippen LogP contribution in [0, 0.1) is 24.0 Å². The maximum Gasteiger partial charge on any atom is 0.312 e. The predicted octanol–water partition coefficient (Wildman–Crippen LogP) is 4.84. The highest BCUT2D eigenvalue weighted by atomic mass is 35.5. The zero-order chi connectivity index (χ0) is 25.5. The first-order chi connectivity index (χ1) is 16.7. The molecule has 0 unspecified atom stereocenters. The SMILES string of the molecule is CCOc1cc(/C=N/NC(=O)Cn2nc(C)c([N+](=O)[O-])c2C)ccc1OCc1ccc(Cl)cc1Cl. The fourth-order valence-electron chi connectivity index (χ4n) is 3.24. The van der Waals surface area contributed by atoms with Crippen LogP contribution in [0.25, 0.3) is 0 Å². The molecule has 1 N–H and O–H groups in total. The Labute approximate surface area is 211 Å². The van der Waals surface area contributed by atoms with Gasteiger partial charge >= 0.3 is 5.69 Å². The van der Waals surface area contributed by atoms with Gasteiger partial charge in [-0.2, -0.15) is 10.2 Å². The molecular formula is C23H23Cl2N5O5. The van der Waals surface area contributed by atoms with Crippen molar-refractivity contribution in [2.24, 2.45) is 5.10 Å². The Kier molecular flexibility index (Phi) is 8.67. The van der Waals surface area contributed by atoms with Crippen molar-refractivity contribution in [2.75, 3.05) is 6.61 Å². The third-order valence-electron chi connectivity index (χ3n) is 4.89. The second kappa shape index (κ2) is 11.7. The summed E-state index contributed by atoms with van der Waals surface area (Å²) in [6.07, 6.45) is 1.45. The lowest BCUT2D eigenvalue weighted by molar-refractivity contribution is -0.386. The van der Waals surface area contributed by atoms with Gasteiger partial charge in [0.05, 0.1) is 17.7 Å². The van der Waals surface area contributed by atoms with Crippen molar-refractivity contribution in [3.63, 3.8) is 0 Å². The van der Waals surface area contributed by atoms with E-state index in [0.717, 1.165) is 5.56 Å². The maximum absolute atomic E-state index is 12.2. The maximum atomic E-state index is 12.2. The first-order valence-corrected chi connectivity index (χ1v) is 11.3. The van der Waals surface area contributed by atoms with Gasteiger partial charge in [-0.1, -0.05) is 29.3 Å². The van der Waals surface area contributed by atoms with Crippen LogP contribution in [0.5, 0.6) is 11.5 Å². The normalized spacial score (nSPS) is 11.0. The molecule has 2 aromatic carbocycles. The second-order valence-electron chi connectivity index (χ2n) is 7.39. The summed E-state index contributed by atoms with van der Waals surface area (Å²) in [5.41, 5.74) is 4.26. The van der Waals surface area contributed by atoms with Gasteiger partial charge in [-0.25, -0.2) is 5.43 Å². The van der Waals surface area contributed by atoms with Crippen LogP contribution in [0.15, 0.2) is 41.5 Å². The monoisotopic (exact) mass is 519 g/mol. The molecule has 3 rings (SSSR count). The predicted molar refractivity (Wildman–Crippen MR) is 132 cm³/mol. The summed E-state index contributed by atoms with van der Waals surface area (Å²) in [4.78, 5) is 22.8. The summed E-state index contributed by atoms with van der Waals surface area (Å²) in [5, 5.41) is 20.1. The molecule has 35 heavy (non-hydrogen) atoms. The molecule has 0 radical (unpaired) electrons. The number of aryl methyl sites for hydroxylation is 1. The standard InChI is InChI=1S/C23H23Cl2N5O5/c1-4-34-21-9-16(5-8-20(21)35-13-17-6-7-18(24)10-19(17)25)11-26-27-22(31)12-29-15(3)23(30(32)33)14(2)28-29/h5-11H,4,12-13H2,1-3H3,(H,27,31)/b26-11+. The summed E-state index contributed by atoms with van der Waals surface area (Å²) in [7, 11) is 0. The van der Waals surface area contributed by atoms with Gasteiger partial charge in [0.25, 0.3) is 5.91 Å². The summed E-state index contributed by atoms with van der Waals surface area (Å²) < 4.78 is 12.8. The number of nitrogens with zero attached hydrogens (tertiary/aromatic N) is 4. The smallest absolute Gasteiger partial charge is 0.312 e. The van der Waals surface area contributed by atoms with Gasteiger partial charge in [0.15, 0.2) is 11.5 Å². The average molecular weight is 520 g/mol. The van der Waals surface area contributed by atoms with Crippen molar-refractivity contribution in [2.45, 2.75) is 33.9 Å². The van der Waals surface area contributed by atoms with Crippen LogP contribution in [-0.2, 0) is 17.9 Å². The Hall–Kier alpha value is -3.63. The minimum absolute atomic E-state index is 0.106. The van der Waals surface area contributed by atoms with Gasteiger partial charge in [-0.3, -0.25) is 19.6 Å². The number of ether oxygens (including phenoxy) is 2. The number of amides is 1. The molecule has 0 saturated heterocycles. The number of hydrazone groups is 1. The van der Waals surface area contributed by atoms with E-state index in [1.54, 1.807) is 36.4 Å². The molecule has 12 heteroatoms. The van der Waals surface area contributed by atoms with Crippen LogP contribution in [-0.4, -0.2) is 33.4 Å². The van der Waals surface area contributed by atoms with Gasteiger partial charge in [0.2, 0.25) is 0 Å². The van der Waals surface area contributed by atoms with Gasteiger partial charge in [0.1, 0.15) is 24.5 Å². The molecule has 0 aliphatic carbocycles. The molecule has 10 nitrogen and oxygen atoms in total. The molecule has 1 aromatic heterocycles. The van der Waals surface area contributed by atoms with Crippen molar-refractivity contribution in [3.8, 4) is 11.5 Å². The fraction of sp³-hybridized carbons (Fsp3) is 0.261. The highest BCUT2D eigenvalue weighted by molar-refractivity contribution is 6.35. The van der Waals surface area contributed by atoms with Gasteiger partial charge in [0, 0.05) is 15.6 Å². The zero-order valence-electron chi connectivity index (χ0n) is 19.2. The van der Waals surface area contributed by atoms with Crippen molar-refractivity contribution >= 4 is 41.0 Å². The molecule has 0 saturated carbocycles. The van der Waals surface area contributed by atoms with E-state index in [0.29, 0.717) is 39.4 Å². The topological polar surface area (TPSA) is 121 Å². The second-order valence-corrected chi connectivity index (χ2v) is 8.23. The highest BCUT2D eigenvalue weighted by Crippen LogP contribution is 2.30. The van der Waals surface area contributed by atoms with E-state index >= 15 is 0 Å². The fourth-order valence-corrected chi connectivity index (χ4v) is 3.71. The number of benzene rings is 2. The molecule has 1 amide bonds. The van der Waals surface area contributed by atoms with E-state index < -0.39 is 10.8 Å². The molecule has 0 fully saturated rings. The van der Waals surface area contributed by atoms with Crippen LogP contribution >= 0.6 is 23.2 Å². The molecule has 3 aromatic rings. The van der Waals surface area contributed by atoms with Gasteiger partial charge in [-0.05, 0) is 56.7 Å². The number of hydrogen-bond acceptors (Lipinski definition) is 7. The minimum atomic E-state index is -0.516. The summed E-state index contributed by atoms with van der Waals surface area (Å²) in [6.45, 7) is 5.35. The Balaban J connectivity index is 1.64. The number of aromatic nitrogens is 2. The Morgan fingerprint density at radius 2 is 1.97 bits per heavy atom. The van der Waals surface area contributed by atoms with Crippen LogP contribution in [0.4, 0.5) is 5.69 Å². The van der Waals surface area contributed by atoms with Crippen LogP contribution < -0.4 is 14.9 Å². The average Bonchev–Trinajstić information content (AvgIpc) is 3.07. The molecule has 0 aliphatic rings. The number of hydrogen-bond donors (Lipinski definition) is 1. The molecule has 184 valence electrons. The Bertz CT molecular complexity index is 1280. The number of nitrogens with one attached hydrogen (secondary N) is 1. The van der Waals surface area contributed by atoms with E-state index in [4.69, 9.17) is 32.7 Å². The van der Waals surface area contributed by atoms with Crippen LogP contribution in [0.3, 0.4) is 0 Å². The van der Waals surface area contributed by atoms with E-state index in [-0.39, 0.29) is 24.5 Å². The lowest BCUT2D eigenvalue weighted by Crippen LogP contribution is -2.24. The Morgan fingerprint density at radius 3 is 2.63 bits per heavy atom. The molecular weight excluding hydrogens is 497 g/mol. The molecule has 0 bridgehead atoms. The summed E-state index contributed by atoms with van der Waals surface area (Å²) >= 11 is 12.1. The number of carbonyl (C=O) groups is 1. The van der Waals surface area contributed by atoms with Crippen molar-refractivity contribution < 1.29 is 19.2 Å². The highest BCUT2D eigenvalue weighted by Gasteiger charge is 2.22. The lowest BCUT2D eigenvalue weighted by Gasteiger charge is -2.13. The van der Waals surface area contributed by atoms with E-state index in [1.807, 2.05) is 6.92 Å². The first-order valence-electron chi connectivity index (χ1n) is 10.5. The third kappa shape index (κ3) is 6.71. The van der Waals surface area contributed by atoms with Crippen molar-refractivity contribution in [3.05, 3.63) is 79.1 Å². The Morgan fingerprint density at radius 1 is 1.20 bits per heavy atom. The van der Waals surface area contributed by atoms with Crippen molar-refractivity contribution in [1.29, 1.82) is 0 Å². The van der Waals surface area contributed by atoms with Gasteiger partial charge in [-0.15, -0.1) is 0 Å². The van der Waals surface area contributed by atoms with Crippen LogP contribution in [0.2, 0.25) is 10.0 Å². The van der Waals surface area contributed by atoms with E-state index in [9.17, 15) is 14.9 Å². The molecule has 0 spiro atoms. The quantitative estimate of drug-likeness (QED) is 0.232. The minimum Gasteiger partial charge on any atom is -0.490 e. The molecule has 0 atom stereocenters. The number of halogens is 2. The number of nitro groups is 1. The zero-order valence-corrected chi connectivity index (χ0v) is 20.8. The summed E-state index contributed by atoms with van der Waals surface area (Å²) in [6, 6.07) is 10.4.